The van der Waals surface area contributed by atoms with Crippen molar-refractivity contribution >= 4 is 5.91 Å². The van der Waals surface area contributed by atoms with Crippen LogP contribution in [0.2, 0.25) is 0 Å². The number of nitrogens with one attached hydrogen (secondary N) is 1. The average Bonchev–Trinajstić information content (AvgIpc) is 2.59. The minimum atomic E-state index is -0.123. The maximum Gasteiger partial charge on any atom is 0.252 e. The van der Waals surface area contributed by atoms with Crippen molar-refractivity contribution in [1.29, 1.82) is 0 Å². The summed E-state index contributed by atoms with van der Waals surface area (Å²) in [5.74, 6) is 0.762. The lowest BCUT2D eigenvalue weighted by atomic mass is 9.92. The van der Waals surface area contributed by atoms with Crippen molar-refractivity contribution < 1.29 is 9.53 Å². The lowest BCUT2D eigenvalue weighted by Crippen LogP contribution is -2.28. The van der Waals surface area contributed by atoms with Crippen molar-refractivity contribution in [3.63, 3.8) is 0 Å². The van der Waals surface area contributed by atoms with Gasteiger partial charge in [-0.2, -0.15) is 0 Å². The fourth-order valence-corrected chi connectivity index (χ4v) is 2.73. The van der Waals surface area contributed by atoms with Crippen LogP contribution < -0.4 is 10.1 Å². The lowest BCUT2D eigenvalue weighted by molar-refractivity contribution is 0.0946. The quantitative estimate of drug-likeness (QED) is 0.863. The number of aryl methyl sites for hydroxylation is 2. The molecule has 1 aromatic heterocycles. The maximum absolute atomic E-state index is 11.8. The Morgan fingerprint density at radius 3 is 2.86 bits per heavy atom. The second kappa shape index (κ2) is 7.07. The molecule has 1 amide bonds. The number of aromatic nitrogens is 1. The number of hydrogen-bond donors (Lipinski definition) is 1. The zero-order valence-electron chi connectivity index (χ0n) is 12.5. The summed E-state index contributed by atoms with van der Waals surface area (Å²) in [6.45, 7) is 0.940. The summed E-state index contributed by atoms with van der Waals surface area (Å²) in [7, 11) is 0. The summed E-state index contributed by atoms with van der Waals surface area (Å²) in [5.41, 5.74) is 3.42. The van der Waals surface area contributed by atoms with E-state index < -0.39 is 0 Å². The molecule has 1 aromatic carbocycles. The minimum absolute atomic E-state index is 0.123. The van der Waals surface area contributed by atoms with Crippen LogP contribution in [0.4, 0.5) is 0 Å². The molecule has 0 fully saturated rings. The molecule has 0 spiro atoms. The molecule has 4 nitrogen and oxygen atoms in total. The number of ether oxygens (including phenoxy) is 1. The fraction of sp³-hybridized carbons (Fsp3) is 0.333. The highest BCUT2D eigenvalue weighted by Gasteiger charge is 2.10. The molecule has 22 heavy (non-hydrogen) atoms. The van der Waals surface area contributed by atoms with Crippen molar-refractivity contribution in [1.82, 2.24) is 10.3 Å². The highest BCUT2D eigenvalue weighted by molar-refractivity contribution is 5.93. The van der Waals surface area contributed by atoms with Crippen molar-refractivity contribution in [2.24, 2.45) is 0 Å². The standard InChI is InChI=1S/C18H20N2O2/c21-18(16-6-3-9-19-13-16)20-10-11-22-17-8-7-14-4-1-2-5-15(14)12-17/h3,6-9,12-13H,1-2,4-5,10-11H2,(H,20,21). The number of nitrogens with zero attached hydrogens (tertiary/aromatic N) is 1. The molecule has 0 saturated carbocycles. The van der Waals surface area contributed by atoms with Gasteiger partial charge in [0, 0.05) is 12.4 Å². The number of pyridine rings is 1. The summed E-state index contributed by atoms with van der Waals surface area (Å²) in [6.07, 6.45) is 8.07. The van der Waals surface area contributed by atoms with Crippen LogP contribution in [0.3, 0.4) is 0 Å². The first-order valence-corrected chi connectivity index (χ1v) is 7.76. The van der Waals surface area contributed by atoms with Crippen LogP contribution in [-0.2, 0) is 12.8 Å². The summed E-state index contributed by atoms with van der Waals surface area (Å²) in [4.78, 5) is 15.8. The Labute approximate surface area is 130 Å². The minimum Gasteiger partial charge on any atom is -0.492 e. The molecule has 0 unspecified atom stereocenters. The highest BCUT2D eigenvalue weighted by Crippen LogP contribution is 2.25. The Morgan fingerprint density at radius 2 is 2.05 bits per heavy atom. The first kappa shape index (κ1) is 14.6. The molecule has 0 bridgehead atoms. The Kier molecular flexibility index (Phi) is 4.68. The van der Waals surface area contributed by atoms with Gasteiger partial charge in [-0.05, 0) is 61.1 Å². The summed E-state index contributed by atoms with van der Waals surface area (Å²) in [6, 6.07) is 9.81. The average molecular weight is 296 g/mol. The van der Waals surface area contributed by atoms with Gasteiger partial charge in [-0.15, -0.1) is 0 Å². The Bertz CT molecular complexity index is 641. The number of hydrogen-bond acceptors (Lipinski definition) is 3. The van der Waals surface area contributed by atoms with Crippen LogP contribution in [0.25, 0.3) is 0 Å². The molecule has 0 aliphatic heterocycles. The third-order valence-electron chi connectivity index (χ3n) is 3.90. The van der Waals surface area contributed by atoms with Gasteiger partial charge >= 0.3 is 0 Å². The van der Waals surface area contributed by atoms with E-state index in [4.69, 9.17) is 4.74 Å². The number of carbonyl (C=O) groups is 1. The Balaban J connectivity index is 1.46. The van der Waals surface area contributed by atoms with Crippen LogP contribution in [0, 0.1) is 0 Å². The van der Waals surface area contributed by atoms with Crippen LogP contribution in [0.1, 0.15) is 34.3 Å². The van der Waals surface area contributed by atoms with Gasteiger partial charge in [0.05, 0.1) is 12.1 Å². The topological polar surface area (TPSA) is 51.2 Å². The molecule has 1 aliphatic carbocycles. The largest absolute Gasteiger partial charge is 0.492 e. The van der Waals surface area contributed by atoms with Crippen molar-refractivity contribution in [3.05, 3.63) is 59.4 Å². The molecule has 2 aromatic rings. The molecule has 1 heterocycles. The summed E-state index contributed by atoms with van der Waals surface area (Å²) < 4.78 is 5.73. The molecule has 4 heteroatoms. The van der Waals surface area contributed by atoms with E-state index in [1.807, 2.05) is 6.07 Å². The summed E-state index contributed by atoms with van der Waals surface area (Å²) in [5, 5.41) is 2.83. The van der Waals surface area contributed by atoms with Crippen molar-refractivity contribution in [2.45, 2.75) is 25.7 Å². The van der Waals surface area contributed by atoms with E-state index in [0.717, 1.165) is 12.2 Å². The van der Waals surface area contributed by atoms with Crippen molar-refractivity contribution in [3.8, 4) is 5.75 Å². The molecular formula is C18H20N2O2. The van der Waals surface area contributed by atoms with Gasteiger partial charge in [-0.3, -0.25) is 9.78 Å². The summed E-state index contributed by atoms with van der Waals surface area (Å²) >= 11 is 0. The molecule has 114 valence electrons. The number of fused-ring (bicyclic) bond motifs is 1. The Hall–Kier alpha value is -2.36. The van der Waals surface area contributed by atoms with Gasteiger partial charge in [0.2, 0.25) is 0 Å². The number of benzene rings is 1. The first-order chi connectivity index (χ1) is 10.8. The molecule has 1 aliphatic rings. The Morgan fingerprint density at radius 1 is 1.18 bits per heavy atom. The van der Waals surface area contributed by atoms with E-state index in [1.165, 1.54) is 30.4 Å². The van der Waals surface area contributed by atoms with Crippen LogP contribution >= 0.6 is 0 Å². The monoisotopic (exact) mass is 296 g/mol. The van der Waals surface area contributed by atoms with Gasteiger partial charge < -0.3 is 10.1 Å². The zero-order valence-corrected chi connectivity index (χ0v) is 12.5. The van der Waals surface area contributed by atoms with Crippen LogP contribution in [0.5, 0.6) is 5.75 Å². The van der Waals surface area contributed by atoms with Gasteiger partial charge in [-0.25, -0.2) is 0 Å². The molecule has 0 saturated heterocycles. The van der Waals surface area contributed by atoms with Gasteiger partial charge in [0.15, 0.2) is 0 Å². The van der Waals surface area contributed by atoms with Crippen molar-refractivity contribution in [2.75, 3.05) is 13.2 Å². The third kappa shape index (κ3) is 3.64. The highest BCUT2D eigenvalue weighted by atomic mass is 16.5. The lowest BCUT2D eigenvalue weighted by Gasteiger charge is -2.16. The maximum atomic E-state index is 11.8. The molecule has 3 rings (SSSR count). The first-order valence-electron chi connectivity index (χ1n) is 7.76. The van der Waals surface area contributed by atoms with Gasteiger partial charge in [0.1, 0.15) is 12.4 Å². The number of carbonyl (C=O) groups excluding carboxylic acids is 1. The molecule has 1 N–H and O–H groups in total. The number of rotatable bonds is 5. The van der Waals surface area contributed by atoms with Gasteiger partial charge in [0.25, 0.3) is 5.91 Å². The molecule has 0 radical (unpaired) electrons. The molecular weight excluding hydrogens is 276 g/mol. The normalized spacial score (nSPS) is 13.3. The number of amides is 1. The van der Waals surface area contributed by atoms with E-state index in [9.17, 15) is 4.79 Å². The van der Waals surface area contributed by atoms with E-state index in [0.29, 0.717) is 18.7 Å². The second-order valence-electron chi connectivity index (χ2n) is 5.48. The SMILES string of the molecule is O=C(NCCOc1ccc2c(c1)CCCC2)c1cccnc1. The molecule has 0 atom stereocenters. The predicted octanol–water partition coefficient (Wildman–Crippen LogP) is 2.77. The van der Waals surface area contributed by atoms with E-state index in [1.54, 1.807) is 24.5 Å². The van der Waals surface area contributed by atoms with Gasteiger partial charge in [-0.1, -0.05) is 6.07 Å². The van der Waals surface area contributed by atoms with E-state index in [2.05, 4.69) is 22.4 Å². The predicted molar refractivity (Wildman–Crippen MR) is 85.1 cm³/mol. The van der Waals surface area contributed by atoms with E-state index >= 15 is 0 Å². The van der Waals surface area contributed by atoms with Crippen LogP contribution in [-0.4, -0.2) is 24.0 Å². The van der Waals surface area contributed by atoms with Crippen LogP contribution in [0.15, 0.2) is 42.7 Å². The van der Waals surface area contributed by atoms with E-state index in [-0.39, 0.29) is 5.91 Å². The zero-order chi connectivity index (χ0) is 15.2. The fourth-order valence-electron chi connectivity index (χ4n) is 2.73. The smallest absolute Gasteiger partial charge is 0.252 e. The third-order valence-corrected chi connectivity index (χ3v) is 3.90. The second-order valence-corrected chi connectivity index (χ2v) is 5.48.